The summed E-state index contributed by atoms with van der Waals surface area (Å²) in [5, 5.41) is 3.57. The third kappa shape index (κ3) is 4.61. The average molecular weight is 423 g/mol. The van der Waals surface area contributed by atoms with Crippen LogP contribution in [0.3, 0.4) is 0 Å². The summed E-state index contributed by atoms with van der Waals surface area (Å²) in [5.74, 6) is -0.512. The second kappa shape index (κ2) is 8.89. The van der Waals surface area contributed by atoms with Crippen molar-refractivity contribution in [3.8, 4) is 0 Å². The minimum atomic E-state index is -0.512. The number of hydrogen-bond acceptors (Lipinski definition) is 3. The molecule has 0 spiro atoms. The van der Waals surface area contributed by atoms with Gasteiger partial charge >= 0.3 is 6.03 Å². The first kappa shape index (κ1) is 21.1. The van der Waals surface area contributed by atoms with Crippen LogP contribution in [0.25, 0.3) is 10.9 Å². The van der Waals surface area contributed by atoms with E-state index in [2.05, 4.69) is 10.3 Å². The van der Waals surface area contributed by atoms with Crippen LogP contribution in [0, 0.1) is 19.7 Å². The van der Waals surface area contributed by atoms with Crippen LogP contribution < -0.4 is 10.9 Å². The monoisotopic (exact) mass is 423 g/mol. The molecule has 6 nitrogen and oxygen atoms in total. The summed E-state index contributed by atoms with van der Waals surface area (Å²) in [6, 6.07) is 11.4. The number of rotatable bonds is 5. The van der Waals surface area contributed by atoms with E-state index in [9.17, 15) is 14.0 Å². The van der Waals surface area contributed by atoms with Crippen LogP contribution in [0.1, 0.15) is 29.5 Å². The Morgan fingerprint density at radius 3 is 2.74 bits per heavy atom. The molecule has 1 aromatic heterocycles. The van der Waals surface area contributed by atoms with Gasteiger partial charge in [0.25, 0.3) is 5.56 Å². The molecule has 1 aliphatic rings. The number of carbonyl (C=O) groups excluding carboxylic acids is 1. The number of hydrogen-bond donors (Lipinski definition) is 2. The van der Waals surface area contributed by atoms with Gasteiger partial charge in [-0.1, -0.05) is 24.3 Å². The lowest BCUT2D eigenvalue weighted by Crippen LogP contribution is -2.41. The quantitative estimate of drug-likeness (QED) is 0.635. The van der Waals surface area contributed by atoms with Crippen LogP contribution in [0.5, 0.6) is 0 Å². The van der Waals surface area contributed by atoms with E-state index in [1.807, 2.05) is 32.0 Å². The summed E-state index contributed by atoms with van der Waals surface area (Å²) < 4.78 is 19.8. The van der Waals surface area contributed by atoms with Crippen LogP contribution in [0.15, 0.2) is 47.3 Å². The number of amides is 2. The van der Waals surface area contributed by atoms with Crippen molar-refractivity contribution in [2.24, 2.45) is 0 Å². The van der Waals surface area contributed by atoms with Crippen molar-refractivity contribution in [1.82, 2.24) is 9.88 Å². The zero-order valence-electron chi connectivity index (χ0n) is 17.7. The van der Waals surface area contributed by atoms with E-state index in [0.717, 1.165) is 34.9 Å². The SMILES string of the molecule is Cc1ccc(C)c2[nH]c(=O)c(CN(C[C@@H]3CCCO3)C(=O)Nc3ccccc3F)cc12. The molecule has 3 aromatic rings. The van der Waals surface area contributed by atoms with E-state index >= 15 is 0 Å². The highest BCUT2D eigenvalue weighted by atomic mass is 19.1. The molecule has 1 atom stereocenters. The second-order valence-electron chi connectivity index (χ2n) is 8.04. The van der Waals surface area contributed by atoms with Gasteiger partial charge in [0.1, 0.15) is 5.82 Å². The summed E-state index contributed by atoms with van der Waals surface area (Å²) in [7, 11) is 0. The third-order valence-electron chi connectivity index (χ3n) is 5.73. The predicted octanol–water partition coefficient (Wildman–Crippen LogP) is 4.50. The number of aryl methyl sites for hydroxylation is 2. The number of aromatic nitrogens is 1. The number of ether oxygens (including phenoxy) is 1. The molecule has 1 aliphatic heterocycles. The zero-order valence-corrected chi connectivity index (χ0v) is 17.7. The minimum absolute atomic E-state index is 0.0960. The topological polar surface area (TPSA) is 74.4 Å². The molecule has 1 saturated heterocycles. The molecule has 162 valence electrons. The van der Waals surface area contributed by atoms with Crippen LogP contribution in [0.4, 0.5) is 14.9 Å². The lowest BCUT2D eigenvalue weighted by Gasteiger charge is -2.26. The Balaban J connectivity index is 1.65. The summed E-state index contributed by atoms with van der Waals surface area (Å²) in [5.41, 5.74) is 3.16. The number of nitrogens with zero attached hydrogens (tertiary/aromatic N) is 1. The van der Waals surface area contributed by atoms with Gasteiger partial charge in [-0.15, -0.1) is 0 Å². The van der Waals surface area contributed by atoms with Crippen molar-refractivity contribution in [1.29, 1.82) is 0 Å². The Bertz CT molecular complexity index is 1170. The van der Waals surface area contributed by atoms with E-state index in [1.165, 1.54) is 17.0 Å². The standard InChI is InChI=1S/C24H26FN3O3/c1-15-9-10-16(2)22-19(15)12-17(23(29)27-22)13-28(14-18-6-5-11-31-18)24(30)26-21-8-4-3-7-20(21)25/h3-4,7-10,12,18H,5-6,11,13-14H2,1-2H3,(H,26,30)(H,27,29)/t18-/m0/s1. The Labute approximate surface area is 180 Å². The molecule has 7 heteroatoms. The maximum Gasteiger partial charge on any atom is 0.322 e. The molecule has 2 N–H and O–H groups in total. The number of carbonyl (C=O) groups is 1. The highest BCUT2D eigenvalue weighted by molar-refractivity contribution is 5.89. The van der Waals surface area contributed by atoms with Crippen LogP contribution >= 0.6 is 0 Å². The van der Waals surface area contributed by atoms with E-state index in [1.54, 1.807) is 12.1 Å². The van der Waals surface area contributed by atoms with Gasteiger partial charge in [0.15, 0.2) is 0 Å². The van der Waals surface area contributed by atoms with Crippen molar-refractivity contribution >= 4 is 22.6 Å². The Hall–Kier alpha value is -3.19. The smallest absolute Gasteiger partial charge is 0.322 e. The van der Waals surface area contributed by atoms with Crippen LogP contribution in [0.2, 0.25) is 0 Å². The maximum absolute atomic E-state index is 14.1. The lowest BCUT2D eigenvalue weighted by atomic mass is 10.0. The number of pyridine rings is 1. The van der Waals surface area contributed by atoms with E-state index in [0.29, 0.717) is 18.7 Å². The first-order valence-corrected chi connectivity index (χ1v) is 10.5. The predicted molar refractivity (Wildman–Crippen MR) is 119 cm³/mol. The molecule has 0 aliphatic carbocycles. The first-order chi connectivity index (χ1) is 14.9. The van der Waals surface area contributed by atoms with Crippen molar-refractivity contribution in [2.45, 2.75) is 39.3 Å². The number of fused-ring (bicyclic) bond motifs is 1. The molecule has 0 saturated carbocycles. The number of halogens is 1. The van der Waals surface area contributed by atoms with Crippen LogP contribution in [-0.2, 0) is 11.3 Å². The number of urea groups is 1. The number of H-pyrrole nitrogens is 1. The fourth-order valence-corrected chi connectivity index (χ4v) is 3.95. The second-order valence-corrected chi connectivity index (χ2v) is 8.04. The van der Waals surface area contributed by atoms with Crippen molar-refractivity contribution < 1.29 is 13.9 Å². The van der Waals surface area contributed by atoms with Crippen molar-refractivity contribution in [2.75, 3.05) is 18.5 Å². The largest absolute Gasteiger partial charge is 0.376 e. The Morgan fingerprint density at radius 1 is 1.23 bits per heavy atom. The molecule has 2 heterocycles. The summed E-state index contributed by atoms with van der Waals surface area (Å²) in [6.45, 7) is 5.01. The van der Waals surface area contributed by atoms with E-state index in [4.69, 9.17) is 4.74 Å². The van der Waals surface area contributed by atoms with Gasteiger partial charge in [0, 0.05) is 24.1 Å². The van der Waals surface area contributed by atoms with Crippen molar-refractivity contribution in [3.05, 3.63) is 75.3 Å². The number of para-hydroxylation sites is 1. The molecule has 0 radical (unpaired) electrons. The first-order valence-electron chi connectivity index (χ1n) is 10.5. The van der Waals surface area contributed by atoms with Gasteiger partial charge in [-0.25, -0.2) is 9.18 Å². The van der Waals surface area contributed by atoms with Gasteiger partial charge in [0.05, 0.1) is 23.9 Å². The molecule has 2 aromatic carbocycles. The number of aromatic amines is 1. The molecule has 4 rings (SSSR count). The molecular weight excluding hydrogens is 397 g/mol. The summed E-state index contributed by atoms with van der Waals surface area (Å²) in [6.07, 6.45) is 1.67. The van der Waals surface area contributed by atoms with E-state index in [-0.39, 0.29) is 23.9 Å². The zero-order chi connectivity index (χ0) is 22.0. The Kier molecular flexibility index (Phi) is 6.04. The summed E-state index contributed by atoms with van der Waals surface area (Å²) >= 11 is 0. The number of benzene rings is 2. The highest BCUT2D eigenvalue weighted by Crippen LogP contribution is 2.22. The Morgan fingerprint density at radius 2 is 2.00 bits per heavy atom. The number of anilines is 1. The highest BCUT2D eigenvalue weighted by Gasteiger charge is 2.24. The van der Waals surface area contributed by atoms with Crippen molar-refractivity contribution in [3.63, 3.8) is 0 Å². The summed E-state index contributed by atoms with van der Waals surface area (Å²) in [4.78, 5) is 30.3. The normalized spacial score (nSPS) is 15.9. The van der Waals surface area contributed by atoms with Crippen LogP contribution in [-0.4, -0.2) is 35.2 Å². The van der Waals surface area contributed by atoms with Gasteiger partial charge < -0.3 is 19.9 Å². The molecule has 0 unspecified atom stereocenters. The van der Waals surface area contributed by atoms with Gasteiger partial charge in [-0.05, 0) is 56.0 Å². The van der Waals surface area contributed by atoms with Gasteiger partial charge in [0.2, 0.25) is 0 Å². The molecule has 0 bridgehead atoms. The fourth-order valence-electron chi connectivity index (χ4n) is 3.95. The lowest BCUT2D eigenvalue weighted by molar-refractivity contribution is 0.0818. The minimum Gasteiger partial charge on any atom is -0.376 e. The molecule has 2 amide bonds. The van der Waals surface area contributed by atoms with Gasteiger partial charge in [-0.3, -0.25) is 4.79 Å². The average Bonchev–Trinajstić information content (AvgIpc) is 3.26. The number of nitrogens with one attached hydrogen (secondary N) is 2. The van der Waals surface area contributed by atoms with Gasteiger partial charge in [-0.2, -0.15) is 0 Å². The fraction of sp³-hybridized carbons (Fsp3) is 0.333. The molecule has 1 fully saturated rings. The molecule has 31 heavy (non-hydrogen) atoms. The maximum atomic E-state index is 14.1. The third-order valence-corrected chi connectivity index (χ3v) is 5.73. The molecular formula is C24H26FN3O3. The van der Waals surface area contributed by atoms with E-state index < -0.39 is 11.8 Å².